The molecule has 1 aromatic carbocycles. The van der Waals surface area contributed by atoms with Crippen LogP contribution in [-0.2, 0) is 0 Å². The van der Waals surface area contributed by atoms with Gasteiger partial charge in [-0.25, -0.2) is 4.79 Å². The van der Waals surface area contributed by atoms with Gasteiger partial charge in [0.15, 0.2) is 0 Å². The second-order valence-electron chi connectivity index (χ2n) is 3.42. The normalized spacial score (nSPS) is 14.3. The summed E-state index contributed by atoms with van der Waals surface area (Å²) >= 11 is 0. The van der Waals surface area contributed by atoms with Crippen molar-refractivity contribution in [2.45, 2.75) is 6.42 Å². The molecule has 0 fully saturated rings. The molecular weight excluding hydrogens is 190 g/mol. The molecule has 1 aromatic rings. The number of anilines is 2. The molecule has 0 aliphatic carbocycles. The predicted molar refractivity (Wildman–Crippen MR) is 60.3 cm³/mol. The minimum absolute atomic E-state index is 0.103. The zero-order valence-electron chi connectivity index (χ0n) is 8.31. The van der Waals surface area contributed by atoms with E-state index in [9.17, 15) is 4.79 Å². The first-order valence-corrected chi connectivity index (χ1v) is 4.85. The summed E-state index contributed by atoms with van der Waals surface area (Å²) in [5, 5.41) is 2.79. The number of nitrogen functional groups attached to an aromatic ring is 1. The van der Waals surface area contributed by atoms with Gasteiger partial charge in [-0.1, -0.05) is 6.08 Å². The van der Waals surface area contributed by atoms with Gasteiger partial charge in [0.2, 0.25) is 0 Å². The first kappa shape index (κ1) is 9.58. The Labute approximate surface area is 88.4 Å². The van der Waals surface area contributed by atoms with E-state index in [-0.39, 0.29) is 6.03 Å². The SMILES string of the molecule is Nc1ccc(NC(=O)N2C=CCC2)cc1. The minimum atomic E-state index is -0.103. The van der Waals surface area contributed by atoms with E-state index in [0.29, 0.717) is 5.69 Å². The number of carbonyl (C=O) groups is 1. The molecule has 0 aromatic heterocycles. The van der Waals surface area contributed by atoms with Crippen LogP contribution < -0.4 is 11.1 Å². The first-order valence-electron chi connectivity index (χ1n) is 4.85. The van der Waals surface area contributed by atoms with Crippen LogP contribution in [0.2, 0.25) is 0 Å². The summed E-state index contributed by atoms with van der Waals surface area (Å²) in [5.74, 6) is 0. The number of nitrogens with two attached hydrogens (primary N) is 1. The molecule has 1 heterocycles. The van der Waals surface area contributed by atoms with Crippen molar-refractivity contribution >= 4 is 17.4 Å². The van der Waals surface area contributed by atoms with Gasteiger partial charge >= 0.3 is 6.03 Å². The van der Waals surface area contributed by atoms with E-state index in [1.54, 1.807) is 35.4 Å². The Morgan fingerprint density at radius 3 is 2.67 bits per heavy atom. The van der Waals surface area contributed by atoms with Crippen LogP contribution in [0.5, 0.6) is 0 Å². The lowest BCUT2D eigenvalue weighted by Crippen LogP contribution is -2.28. The molecule has 2 amide bonds. The van der Waals surface area contributed by atoms with Crippen molar-refractivity contribution in [2.75, 3.05) is 17.6 Å². The molecule has 0 saturated carbocycles. The maximum absolute atomic E-state index is 11.6. The van der Waals surface area contributed by atoms with Crippen molar-refractivity contribution in [1.82, 2.24) is 4.90 Å². The Bertz CT molecular complexity index is 383. The van der Waals surface area contributed by atoms with E-state index < -0.39 is 0 Å². The monoisotopic (exact) mass is 203 g/mol. The number of amides is 2. The second-order valence-corrected chi connectivity index (χ2v) is 3.42. The van der Waals surface area contributed by atoms with E-state index in [1.807, 2.05) is 6.08 Å². The zero-order chi connectivity index (χ0) is 10.7. The van der Waals surface area contributed by atoms with E-state index in [0.717, 1.165) is 18.7 Å². The van der Waals surface area contributed by atoms with E-state index >= 15 is 0 Å². The molecule has 0 bridgehead atoms. The lowest BCUT2D eigenvalue weighted by molar-refractivity contribution is 0.231. The molecule has 1 aliphatic heterocycles. The Morgan fingerprint density at radius 2 is 2.07 bits per heavy atom. The minimum Gasteiger partial charge on any atom is -0.399 e. The number of urea groups is 1. The third kappa shape index (κ3) is 2.28. The molecule has 15 heavy (non-hydrogen) atoms. The topological polar surface area (TPSA) is 58.4 Å². The third-order valence-corrected chi connectivity index (χ3v) is 2.24. The number of nitrogens with zero attached hydrogens (tertiary/aromatic N) is 1. The van der Waals surface area contributed by atoms with E-state index in [1.165, 1.54) is 0 Å². The summed E-state index contributed by atoms with van der Waals surface area (Å²) in [6.45, 7) is 0.751. The van der Waals surface area contributed by atoms with Crippen molar-refractivity contribution in [3.05, 3.63) is 36.5 Å². The van der Waals surface area contributed by atoms with Crippen LogP contribution in [0.4, 0.5) is 16.2 Å². The second kappa shape index (κ2) is 4.04. The van der Waals surface area contributed by atoms with Crippen LogP contribution in [0.1, 0.15) is 6.42 Å². The van der Waals surface area contributed by atoms with E-state index in [4.69, 9.17) is 5.73 Å². The Morgan fingerprint density at radius 1 is 1.33 bits per heavy atom. The quantitative estimate of drug-likeness (QED) is 0.686. The molecule has 4 nitrogen and oxygen atoms in total. The van der Waals surface area contributed by atoms with Gasteiger partial charge in [0.25, 0.3) is 0 Å². The molecule has 0 saturated heterocycles. The highest BCUT2D eigenvalue weighted by Gasteiger charge is 2.12. The van der Waals surface area contributed by atoms with Crippen molar-refractivity contribution in [3.63, 3.8) is 0 Å². The van der Waals surface area contributed by atoms with Crippen molar-refractivity contribution in [1.29, 1.82) is 0 Å². The number of benzene rings is 1. The summed E-state index contributed by atoms with van der Waals surface area (Å²) in [5.41, 5.74) is 6.99. The fourth-order valence-corrected chi connectivity index (χ4v) is 1.42. The standard InChI is InChI=1S/C11H13N3O/c12-9-3-5-10(6-4-9)13-11(15)14-7-1-2-8-14/h1,3-7H,2,8,12H2,(H,13,15). The van der Waals surface area contributed by atoms with Gasteiger partial charge in [-0.3, -0.25) is 0 Å². The summed E-state index contributed by atoms with van der Waals surface area (Å²) in [7, 11) is 0. The average molecular weight is 203 g/mol. The molecule has 4 heteroatoms. The largest absolute Gasteiger partial charge is 0.399 e. The Balaban J connectivity index is 1.99. The molecule has 2 rings (SSSR count). The van der Waals surface area contributed by atoms with Gasteiger partial charge in [0.1, 0.15) is 0 Å². The van der Waals surface area contributed by atoms with Crippen molar-refractivity contribution < 1.29 is 4.79 Å². The highest BCUT2D eigenvalue weighted by Crippen LogP contribution is 2.12. The van der Waals surface area contributed by atoms with Gasteiger partial charge in [0, 0.05) is 24.1 Å². The Kier molecular flexibility index (Phi) is 2.58. The average Bonchev–Trinajstić information content (AvgIpc) is 2.74. The van der Waals surface area contributed by atoms with Crippen LogP contribution in [0, 0.1) is 0 Å². The molecular formula is C11H13N3O. The Hall–Kier alpha value is -1.97. The summed E-state index contributed by atoms with van der Waals surface area (Å²) < 4.78 is 0. The fraction of sp³-hybridized carbons (Fsp3) is 0.182. The number of hydrogen-bond donors (Lipinski definition) is 2. The highest BCUT2D eigenvalue weighted by molar-refractivity contribution is 5.90. The van der Waals surface area contributed by atoms with Crippen molar-refractivity contribution in [2.24, 2.45) is 0 Å². The predicted octanol–water partition coefficient (Wildman–Crippen LogP) is 2.02. The third-order valence-electron chi connectivity index (χ3n) is 2.24. The summed E-state index contributed by atoms with van der Waals surface area (Å²) in [6, 6.07) is 6.98. The molecule has 3 N–H and O–H groups in total. The van der Waals surface area contributed by atoms with Gasteiger partial charge in [0.05, 0.1) is 0 Å². The lowest BCUT2D eigenvalue weighted by Gasteiger charge is -2.14. The molecule has 0 spiro atoms. The number of nitrogens with one attached hydrogen (secondary N) is 1. The van der Waals surface area contributed by atoms with Crippen LogP contribution in [0.3, 0.4) is 0 Å². The van der Waals surface area contributed by atoms with Gasteiger partial charge in [-0.05, 0) is 30.7 Å². The fourth-order valence-electron chi connectivity index (χ4n) is 1.42. The first-order chi connectivity index (χ1) is 7.25. The maximum Gasteiger partial charge on any atom is 0.325 e. The number of rotatable bonds is 1. The van der Waals surface area contributed by atoms with Crippen LogP contribution in [0.25, 0.3) is 0 Å². The lowest BCUT2D eigenvalue weighted by atomic mass is 10.3. The molecule has 0 radical (unpaired) electrons. The number of hydrogen-bond acceptors (Lipinski definition) is 2. The molecule has 78 valence electrons. The van der Waals surface area contributed by atoms with Gasteiger partial charge in [-0.2, -0.15) is 0 Å². The molecule has 0 unspecified atom stereocenters. The number of carbonyl (C=O) groups excluding carboxylic acids is 1. The van der Waals surface area contributed by atoms with E-state index in [2.05, 4.69) is 5.32 Å². The van der Waals surface area contributed by atoms with Crippen molar-refractivity contribution in [3.8, 4) is 0 Å². The maximum atomic E-state index is 11.6. The van der Waals surface area contributed by atoms with Crippen LogP contribution in [0.15, 0.2) is 36.5 Å². The summed E-state index contributed by atoms with van der Waals surface area (Å²) in [4.78, 5) is 13.3. The van der Waals surface area contributed by atoms with Crippen LogP contribution >= 0.6 is 0 Å². The summed E-state index contributed by atoms with van der Waals surface area (Å²) in [6.07, 6.45) is 4.70. The van der Waals surface area contributed by atoms with Gasteiger partial charge < -0.3 is 16.0 Å². The van der Waals surface area contributed by atoms with Gasteiger partial charge in [-0.15, -0.1) is 0 Å². The van der Waals surface area contributed by atoms with Crippen LogP contribution in [-0.4, -0.2) is 17.5 Å². The highest BCUT2D eigenvalue weighted by atomic mass is 16.2. The smallest absolute Gasteiger partial charge is 0.325 e. The molecule has 0 atom stereocenters. The molecule has 1 aliphatic rings. The zero-order valence-corrected chi connectivity index (χ0v) is 8.31.